The van der Waals surface area contributed by atoms with Crippen LogP contribution in [0.1, 0.15) is 84.5 Å². The van der Waals surface area contributed by atoms with Crippen molar-refractivity contribution in [3.8, 4) is 0 Å². The maximum atomic E-state index is 2.54. The van der Waals surface area contributed by atoms with Gasteiger partial charge in [0.2, 0.25) is 0 Å². The molecule has 0 bridgehead atoms. The average Bonchev–Trinajstić information content (AvgIpc) is 2.77. The summed E-state index contributed by atoms with van der Waals surface area (Å²) in [5, 5.41) is 0. The zero-order chi connectivity index (χ0) is 13.1. The van der Waals surface area contributed by atoms with E-state index in [2.05, 4.69) is 24.6 Å². The van der Waals surface area contributed by atoms with Gasteiger partial charge in [0.05, 0.1) is 0 Å². The minimum atomic E-state index is 0.827. The van der Waals surface area contributed by atoms with Crippen molar-refractivity contribution >= 4 is 6.21 Å². The highest BCUT2D eigenvalue weighted by atomic mass is 15.0. The van der Waals surface area contributed by atoms with Gasteiger partial charge < -0.3 is 0 Å². The topological polar surface area (TPSA) is 3.01 Å². The summed E-state index contributed by atoms with van der Waals surface area (Å²) in [5.74, 6) is 0.827. The Bertz CT molecular complexity index is 220. The van der Waals surface area contributed by atoms with Crippen LogP contribution in [0.5, 0.6) is 0 Å². The van der Waals surface area contributed by atoms with Crippen LogP contribution >= 0.6 is 0 Å². The summed E-state index contributed by atoms with van der Waals surface area (Å²) < 4.78 is 2.54. The molecule has 0 fully saturated rings. The van der Waals surface area contributed by atoms with E-state index in [1.807, 2.05) is 0 Å². The van der Waals surface area contributed by atoms with Crippen molar-refractivity contribution in [2.75, 3.05) is 13.1 Å². The van der Waals surface area contributed by atoms with E-state index in [1.54, 1.807) is 0 Å². The van der Waals surface area contributed by atoms with Crippen LogP contribution in [-0.4, -0.2) is 23.9 Å². The Labute approximate surface area is 115 Å². The Hall–Kier alpha value is -0.330. The van der Waals surface area contributed by atoms with E-state index >= 15 is 0 Å². The van der Waals surface area contributed by atoms with Gasteiger partial charge in [-0.2, -0.15) is 0 Å². The van der Waals surface area contributed by atoms with Crippen LogP contribution in [0.15, 0.2) is 0 Å². The van der Waals surface area contributed by atoms with E-state index in [9.17, 15) is 0 Å². The van der Waals surface area contributed by atoms with Crippen molar-refractivity contribution in [1.29, 1.82) is 0 Å². The minimum Gasteiger partial charge on any atom is -0.239 e. The van der Waals surface area contributed by atoms with Gasteiger partial charge in [0.1, 0.15) is 19.3 Å². The van der Waals surface area contributed by atoms with Gasteiger partial charge >= 0.3 is 0 Å². The van der Waals surface area contributed by atoms with Crippen LogP contribution in [0, 0.1) is 5.92 Å². The normalized spacial score (nSPS) is 19.2. The van der Waals surface area contributed by atoms with E-state index in [0.29, 0.717) is 0 Å². The third-order valence-corrected chi connectivity index (χ3v) is 4.14. The molecule has 1 aliphatic rings. The highest BCUT2D eigenvalue weighted by Crippen LogP contribution is 2.11. The number of hydrogen-bond acceptors (Lipinski definition) is 0. The van der Waals surface area contributed by atoms with Crippen molar-refractivity contribution in [3.05, 3.63) is 0 Å². The van der Waals surface area contributed by atoms with Crippen molar-refractivity contribution in [2.45, 2.75) is 84.5 Å². The molecule has 1 rings (SSSR count). The van der Waals surface area contributed by atoms with Crippen LogP contribution in [0.3, 0.4) is 0 Å². The number of nitrogens with zero attached hydrogens (tertiary/aromatic N) is 1. The molecule has 0 aliphatic carbocycles. The van der Waals surface area contributed by atoms with Crippen molar-refractivity contribution in [3.63, 3.8) is 0 Å². The maximum absolute atomic E-state index is 2.54. The summed E-state index contributed by atoms with van der Waals surface area (Å²) in [6.07, 6.45) is 18.2. The summed E-state index contributed by atoms with van der Waals surface area (Å²) in [5.41, 5.74) is 0. The quantitative estimate of drug-likeness (QED) is 0.358. The van der Waals surface area contributed by atoms with Gasteiger partial charge in [-0.25, -0.2) is 4.58 Å². The molecule has 1 heterocycles. The lowest BCUT2D eigenvalue weighted by atomic mass is 10.1. The molecular formula is C17H34N+. The Morgan fingerprint density at radius 3 is 1.94 bits per heavy atom. The molecule has 0 aromatic carbocycles. The molecule has 0 saturated carbocycles. The Kier molecular flexibility index (Phi) is 9.24. The van der Waals surface area contributed by atoms with E-state index in [1.165, 1.54) is 83.7 Å². The first-order chi connectivity index (χ1) is 8.83. The molecule has 1 heteroatoms. The van der Waals surface area contributed by atoms with Crippen molar-refractivity contribution in [2.24, 2.45) is 5.92 Å². The largest absolute Gasteiger partial charge is 0.239 e. The second-order valence-corrected chi connectivity index (χ2v) is 6.13. The first-order valence-electron chi connectivity index (χ1n) is 8.42. The molecule has 0 spiro atoms. The third kappa shape index (κ3) is 7.89. The molecule has 18 heavy (non-hydrogen) atoms. The fourth-order valence-corrected chi connectivity index (χ4v) is 2.87. The van der Waals surface area contributed by atoms with Crippen molar-refractivity contribution < 1.29 is 4.58 Å². The fraction of sp³-hybridized carbons (Fsp3) is 0.941. The van der Waals surface area contributed by atoms with Crippen LogP contribution in [0.25, 0.3) is 0 Å². The first-order valence-corrected chi connectivity index (χ1v) is 8.42. The van der Waals surface area contributed by atoms with E-state index < -0.39 is 0 Å². The molecule has 1 aliphatic heterocycles. The summed E-state index contributed by atoms with van der Waals surface area (Å²) in [6, 6.07) is 0. The van der Waals surface area contributed by atoms with E-state index in [4.69, 9.17) is 0 Å². The molecule has 0 aromatic rings. The van der Waals surface area contributed by atoms with E-state index in [-0.39, 0.29) is 0 Å². The Morgan fingerprint density at radius 1 is 0.889 bits per heavy atom. The molecule has 106 valence electrons. The molecule has 1 atom stereocenters. The Morgan fingerprint density at radius 2 is 1.44 bits per heavy atom. The van der Waals surface area contributed by atoms with Gasteiger partial charge in [-0.1, -0.05) is 65.2 Å². The first kappa shape index (κ1) is 15.7. The predicted octanol–water partition coefficient (Wildman–Crippen LogP) is 5.03. The van der Waals surface area contributed by atoms with Gasteiger partial charge in [-0.3, -0.25) is 0 Å². The fourth-order valence-electron chi connectivity index (χ4n) is 2.87. The Balaban J connectivity index is 1.77. The van der Waals surface area contributed by atoms with E-state index in [0.717, 1.165) is 5.92 Å². The van der Waals surface area contributed by atoms with Crippen LogP contribution < -0.4 is 0 Å². The van der Waals surface area contributed by atoms with Crippen LogP contribution in [0.4, 0.5) is 0 Å². The van der Waals surface area contributed by atoms with Crippen LogP contribution in [0.2, 0.25) is 0 Å². The SMILES string of the molecule is CCCCCCCCCCCC[N+]1=CC(C)CC1. The second-order valence-electron chi connectivity index (χ2n) is 6.13. The number of unbranched alkanes of at least 4 members (excludes halogenated alkanes) is 9. The number of rotatable bonds is 11. The molecule has 0 N–H and O–H groups in total. The van der Waals surface area contributed by atoms with Gasteiger partial charge in [0.15, 0.2) is 0 Å². The molecule has 0 amide bonds. The van der Waals surface area contributed by atoms with Gasteiger partial charge in [0.25, 0.3) is 0 Å². The van der Waals surface area contributed by atoms with Crippen LogP contribution in [-0.2, 0) is 0 Å². The summed E-state index contributed by atoms with van der Waals surface area (Å²) in [6.45, 7) is 7.23. The van der Waals surface area contributed by atoms with Gasteiger partial charge in [0, 0.05) is 18.8 Å². The lowest BCUT2D eigenvalue weighted by Gasteiger charge is -2.01. The van der Waals surface area contributed by atoms with Gasteiger partial charge in [-0.05, 0) is 6.42 Å². The molecule has 1 nitrogen and oxygen atoms in total. The molecule has 0 saturated heterocycles. The lowest BCUT2D eigenvalue weighted by molar-refractivity contribution is -0.516. The summed E-state index contributed by atoms with van der Waals surface area (Å²) >= 11 is 0. The zero-order valence-corrected chi connectivity index (χ0v) is 12.8. The monoisotopic (exact) mass is 252 g/mol. The highest BCUT2D eigenvalue weighted by Gasteiger charge is 2.16. The lowest BCUT2D eigenvalue weighted by Crippen LogP contribution is -2.10. The molecular weight excluding hydrogens is 218 g/mol. The summed E-state index contributed by atoms with van der Waals surface area (Å²) in [7, 11) is 0. The molecule has 0 aromatic heterocycles. The minimum absolute atomic E-state index is 0.827. The van der Waals surface area contributed by atoms with Gasteiger partial charge in [-0.15, -0.1) is 0 Å². The maximum Gasteiger partial charge on any atom is 0.143 e. The predicted molar refractivity (Wildman–Crippen MR) is 81.7 cm³/mol. The number of hydrogen-bond donors (Lipinski definition) is 0. The zero-order valence-electron chi connectivity index (χ0n) is 12.8. The van der Waals surface area contributed by atoms with Crippen molar-refractivity contribution in [1.82, 2.24) is 0 Å². The summed E-state index contributed by atoms with van der Waals surface area (Å²) in [4.78, 5) is 0. The molecule has 1 unspecified atom stereocenters. The standard InChI is InChI=1S/C17H34N/c1-3-4-5-6-7-8-9-10-11-12-14-18-15-13-17(2)16-18/h16-17H,3-15H2,1-2H3/q+1. The highest BCUT2D eigenvalue weighted by molar-refractivity contribution is 5.55. The average molecular weight is 252 g/mol. The smallest absolute Gasteiger partial charge is 0.143 e. The second kappa shape index (κ2) is 10.6. The molecule has 0 radical (unpaired) electrons. The third-order valence-electron chi connectivity index (χ3n) is 4.14.